The van der Waals surface area contributed by atoms with Crippen LogP contribution in [0.4, 0.5) is 0 Å². The minimum absolute atomic E-state index is 0.0754. The molecule has 164 valence electrons. The summed E-state index contributed by atoms with van der Waals surface area (Å²) in [6.07, 6.45) is 0. The molecule has 8 nitrogen and oxygen atoms in total. The molecule has 1 aromatic heterocycles. The van der Waals surface area contributed by atoms with Gasteiger partial charge in [-0.25, -0.2) is 4.99 Å². The average molecular weight is 423 g/mol. The summed E-state index contributed by atoms with van der Waals surface area (Å²) in [6, 6.07) is 16.1. The number of nitrogens with zero attached hydrogens (tertiary/aromatic N) is 4. The van der Waals surface area contributed by atoms with E-state index in [1.54, 1.807) is 14.2 Å². The van der Waals surface area contributed by atoms with Crippen LogP contribution in [0.2, 0.25) is 0 Å². The second kappa shape index (κ2) is 10.5. The first-order valence-corrected chi connectivity index (χ1v) is 10.2. The molecule has 0 aliphatic rings. The summed E-state index contributed by atoms with van der Waals surface area (Å²) in [7, 11) is 5.23. The average Bonchev–Trinajstić information content (AvgIpc) is 3.13. The van der Waals surface area contributed by atoms with Crippen molar-refractivity contribution in [1.82, 2.24) is 25.4 Å². The van der Waals surface area contributed by atoms with Gasteiger partial charge in [-0.2, -0.15) is 0 Å². The fourth-order valence-corrected chi connectivity index (χ4v) is 3.10. The normalized spacial score (nSPS) is 12.4. The van der Waals surface area contributed by atoms with Crippen molar-refractivity contribution in [3.8, 4) is 11.5 Å². The van der Waals surface area contributed by atoms with Gasteiger partial charge in [0.1, 0.15) is 17.3 Å². The third-order valence-electron chi connectivity index (χ3n) is 5.15. The minimum atomic E-state index is 0.0754. The number of aliphatic imine (C=N–C) groups is 1. The highest BCUT2D eigenvalue weighted by Crippen LogP contribution is 2.25. The van der Waals surface area contributed by atoms with E-state index in [0.29, 0.717) is 19.0 Å². The largest absolute Gasteiger partial charge is 0.497 e. The second-order valence-corrected chi connectivity index (χ2v) is 7.20. The Bertz CT molecular complexity index is 1020. The molecule has 2 N–H and O–H groups in total. The lowest BCUT2D eigenvalue weighted by Crippen LogP contribution is -2.39. The monoisotopic (exact) mass is 422 g/mol. The molecular formula is C23H30N6O2. The van der Waals surface area contributed by atoms with Crippen LogP contribution in [0.15, 0.2) is 53.5 Å². The highest BCUT2D eigenvalue weighted by molar-refractivity contribution is 5.80. The lowest BCUT2D eigenvalue weighted by molar-refractivity contribution is 0.391. The van der Waals surface area contributed by atoms with Gasteiger partial charge in [-0.3, -0.25) is 0 Å². The Kier molecular flexibility index (Phi) is 7.48. The van der Waals surface area contributed by atoms with E-state index in [2.05, 4.69) is 39.9 Å². The molecule has 0 saturated heterocycles. The van der Waals surface area contributed by atoms with Crippen LogP contribution < -0.4 is 20.1 Å². The van der Waals surface area contributed by atoms with Crippen LogP contribution in [0.5, 0.6) is 11.5 Å². The van der Waals surface area contributed by atoms with E-state index in [-0.39, 0.29) is 6.04 Å². The first kappa shape index (κ1) is 22.1. The number of rotatable bonds is 8. The molecule has 3 aromatic rings. The van der Waals surface area contributed by atoms with E-state index in [1.807, 2.05) is 54.9 Å². The van der Waals surface area contributed by atoms with Crippen LogP contribution in [0.1, 0.15) is 35.7 Å². The van der Waals surface area contributed by atoms with Crippen LogP contribution in [0.3, 0.4) is 0 Å². The zero-order chi connectivity index (χ0) is 22.2. The second-order valence-electron chi connectivity index (χ2n) is 7.20. The van der Waals surface area contributed by atoms with Gasteiger partial charge in [0.05, 0.1) is 33.4 Å². The molecule has 0 bridgehead atoms. The van der Waals surface area contributed by atoms with Crippen molar-refractivity contribution in [1.29, 1.82) is 0 Å². The van der Waals surface area contributed by atoms with Gasteiger partial charge < -0.3 is 24.7 Å². The summed E-state index contributed by atoms with van der Waals surface area (Å²) >= 11 is 0. The van der Waals surface area contributed by atoms with Gasteiger partial charge in [-0.05, 0) is 31.5 Å². The molecule has 2 aromatic carbocycles. The number of benzene rings is 2. The number of hydrogen-bond acceptors (Lipinski definition) is 5. The van der Waals surface area contributed by atoms with Gasteiger partial charge in [0.15, 0.2) is 11.8 Å². The molecule has 1 heterocycles. The Morgan fingerprint density at radius 3 is 2.52 bits per heavy atom. The fourth-order valence-electron chi connectivity index (χ4n) is 3.10. The molecule has 1 atom stereocenters. The molecule has 0 fully saturated rings. The Morgan fingerprint density at radius 1 is 1.10 bits per heavy atom. The maximum Gasteiger partial charge on any atom is 0.192 e. The first-order valence-electron chi connectivity index (χ1n) is 10.2. The number of nitrogens with one attached hydrogen (secondary N) is 2. The Labute approximate surface area is 183 Å². The summed E-state index contributed by atoms with van der Waals surface area (Å²) in [6.45, 7) is 4.98. The Balaban J connectivity index is 1.79. The van der Waals surface area contributed by atoms with Crippen molar-refractivity contribution < 1.29 is 9.47 Å². The standard InChI is InChI=1S/C23H30N6O2/c1-16(18-9-7-6-8-10-18)26-23(25-15-22-28-27-17(2)29(22)3)24-14-19-11-12-20(30-4)13-21(19)31-5/h6-13,16H,14-15H2,1-5H3,(H2,24,25,26). The van der Waals surface area contributed by atoms with E-state index in [1.165, 1.54) is 5.56 Å². The van der Waals surface area contributed by atoms with Crippen LogP contribution in [0, 0.1) is 6.92 Å². The van der Waals surface area contributed by atoms with Gasteiger partial charge in [-0.1, -0.05) is 30.3 Å². The van der Waals surface area contributed by atoms with Crippen LogP contribution in [-0.2, 0) is 20.1 Å². The lowest BCUT2D eigenvalue weighted by atomic mass is 10.1. The highest BCUT2D eigenvalue weighted by Gasteiger charge is 2.11. The summed E-state index contributed by atoms with van der Waals surface area (Å²) in [4.78, 5) is 4.79. The topological polar surface area (TPSA) is 85.6 Å². The van der Waals surface area contributed by atoms with Gasteiger partial charge in [-0.15, -0.1) is 10.2 Å². The van der Waals surface area contributed by atoms with Gasteiger partial charge in [0.25, 0.3) is 0 Å². The van der Waals surface area contributed by atoms with E-state index in [9.17, 15) is 0 Å². The van der Waals surface area contributed by atoms with Crippen molar-refractivity contribution >= 4 is 5.96 Å². The summed E-state index contributed by atoms with van der Waals surface area (Å²) in [5, 5.41) is 15.2. The van der Waals surface area contributed by atoms with Gasteiger partial charge in [0.2, 0.25) is 0 Å². The Hall–Kier alpha value is -3.55. The van der Waals surface area contributed by atoms with Gasteiger partial charge in [0, 0.05) is 18.7 Å². The third kappa shape index (κ3) is 5.75. The quantitative estimate of drug-likeness (QED) is 0.429. The third-order valence-corrected chi connectivity index (χ3v) is 5.15. The molecule has 0 aliphatic carbocycles. The van der Waals surface area contributed by atoms with Gasteiger partial charge >= 0.3 is 0 Å². The number of aryl methyl sites for hydroxylation is 1. The van der Waals surface area contributed by atoms with Crippen molar-refractivity contribution in [2.75, 3.05) is 14.2 Å². The summed E-state index contributed by atoms with van der Waals surface area (Å²) in [5.74, 6) is 3.86. The predicted molar refractivity (Wildman–Crippen MR) is 121 cm³/mol. The molecule has 0 spiro atoms. The fraction of sp³-hybridized carbons (Fsp3) is 0.348. The number of guanidine groups is 1. The van der Waals surface area contributed by atoms with Crippen molar-refractivity contribution in [2.24, 2.45) is 12.0 Å². The first-order chi connectivity index (χ1) is 15.0. The van der Waals surface area contributed by atoms with Crippen LogP contribution >= 0.6 is 0 Å². The molecule has 0 amide bonds. The van der Waals surface area contributed by atoms with E-state index >= 15 is 0 Å². The zero-order valence-electron chi connectivity index (χ0n) is 18.7. The van der Waals surface area contributed by atoms with Crippen molar-refractivity contribution in [2.45, 2.75) is 33.0 Å². The SMILES string of the molecule is COc1ccc(CN=C(NCc2nnc(C)n2C)NC(C)c2ccccc2)c(OC)c1. The van der Waals surface area contributed by atoms with Crippen LogP contribution in [0.25, 0.3) is 0 Å². The summed E-state index contributed by atoms with van der Waals surface area (Å²) in [5.41, 5.74) is 2.14. The maximum atomic E-state index is 5.51. The summed E-state index contributed by atoms with van der Waals surface area (Å²) < 4.78 is 12.7. The molecule has 0 aliphatic heterocycles. The predicted octanol–water partition coefficient (Wildman–Crippen LogP) is 3.14. The zero-order valence-corrected chi connectivity index (χ0v) is 18.7. The molecule has 0 saturated carbocycles. The van der Waals surface area contributed by atoms with Crippen molar-refractivity contribution in [3.05, 3.63) is 71.3 Å². The van der Waals surface area contributed by atoms with Crippen LogP contribution in [-0.4, -0.2) is 34.9 Å². The van der Waals surface area contributed by atoms with E-state index in [0.717, 1.165) is 28.7 Å². The number of hydrogen-bond donors (Lipinski definition) is 2. The number of aromatic nitrogens is 3. The molecular weight excluding hydrogens is 392 g/mol. The molecule has 31 heavy (non-hydrogen) atoms. The number of ether oxygens (including phenoxy) is 2. The molecule has 3 rings (SSSR count). The Morgan fingerprint density at radius 2 is 1.87 bits per heavy atom. The van der Waals surface area contributed by atoms with E-state index in [4.69, 9.17) is 14.5 Å². The molecule has 1 unspecified atom stereocenters. The molecule has 8 heteroatoms. The number of methoxy groups -OCH3 is 2. The lowest BCUT2D eigenvalue weighted by Gasteiger charge is -2.19. The molecule has 0 radical (unpaired) electrons. The van der Waals surface area contributed by atoms with E-state index < -0.39 is 0 Å². The highest BCUT2D eigenvalue weighted by atomic mass is 16.5. The van der Waals surface area contributed by atoms with Crippen molar-refractivity contribution in [3.63, 3.8) is 0 Å². The maximum absolute atomic E-state index is 5.51. The smallest absolute Gasteiger partial charge is 0.192 e. The minimum Gasteiger partial charge on any atom is -0.497 e.